The molecule has 0 aliphatic rings. The predicted molar refractivity (Wildman–Crippen MR) is 81.0 cm³/mol. The summed E-state index contributed by atoms with van der Waals surface area (Å²) in [5, 5.41) is 12.6. The number of nitrogens with zero attached hydrogens (tertiary/aromatic N) is 1. The lowest BCUT2D eigenvalue weighted by molar-refractivity contribution is -0.385. The molecule has 1 atom stereocenters. The molecule has 0 saturated carbocycles. The first kappa shape index (κ1) is 14.9. The average molecular weight is 303 g/mol. The van der Waals surface area contributed by atoms with Crippen molar-refractivity contribution in [2.24, 2.45) is 0 Å². The zero-order valence-corrected chi connectivity index (χ0v) is 12.1. The van der Waals surface area contributed by atoms with E-state index in [1.165, 1.54) is 29.5 Å². The zero-order valence-electron chi connectivity index (χ0n) is 11.3. The van der Waals surface area contributed by atoms with Crippen LogP contribution in [0.15, 0.2) is 47.9 Å². The summed E-state index contributed by atoms with van der Waals surface area (Å²) in [6, 6.07) is 9.84. The Balaban J connectivity index is 2.00. The van der Waals surface area contributed by atoms with Crippen LogP contribution in [0, 0.1) is 10.1 Å². The Hall–Kier alpha value is -2.47. The van der Waals surface area contributed by atoms with Crippen LogP contribution in [0.5, 0.6) is 0 Å². The summed E-state index contributed by atoms with van der Waals surface area (Å²) in [5.41, 5.74) is 0.562. The van der Waals surface area contributed by atoms with Gasteiger partial charge in [0.2, 0.25) is 0 Å². The third-order valence-electron chi connectivity index (χ3n) is 2.77. The average Bonchev–Trinajstić information content (AvgIpc) is 2.98. The highest BCUT2D eigenvalue weighted by atomic mass is 32.1. The monoisotopic (exact) mass is 303 g/mol. The Labute approximate surface area is 125 Å². The number of hydrogen-bond donors (Lipinski definition) is 0. The molecule has 2 aromatic rings. The first-order valence-electron chi connectivity index (χ1n) is 6.23. The van der Waals surface area contributed by atoms with Crippen LogP contribution >= 0.6 is 11.3 Å². The van der Waals surface area contributed by atoms with Gasteiger partial charge in [0.15, 0.2) is 0 Å². The molecule has 0 bridgehead atoms. The van der Waals surface area contributed by atoms with E-state index >= 15 is 0 Å². The van der Waals surface area contributed by atoms with Gasteiger partial charge in [-0.2, -0.15) is 0 Å². The van der Waals surface area contributed by atoms with E-state index in [9.17, 15) is 14.9 Å². The molecular weight excluding hydrogens is 290 g/mol. The summed E-state index contributed by atoms with van der Waals surface area (Å²) in [6.07, 6.45) is 2.47. The zero-order chi connectivity index (χ0) is 15.2. The second-order valence-corrected chi connectivity index (χ2v) is 5.26. The smallest absolute Gasteiger partial charge is 0.331 e. The van der Waals surface area contributed by atoms with Gasteiger partial charge in [-0.25, -0.2) is 4.79 Å². The largest absolute Gasteiger partial charge is 0.455 e. The summed E-state index contributed by atoms with van der Waals surface area (Å²) < 4.78 is 5.23. The number of nitro groups is 1. The van der Waals surface area contributed by atoms with Gasteiger partial charge >= 0.3 is 5.97 Å². The summed E-state index contributed by atoms with van der Waals surface area (Å²) >= 11 is 1.52. The molecule has 0 aliphatic heterocycles. The van der Waals surface area contributed by atoms with Crippen LogP contribution in [0.1, 0.15) is 23.5 Å². The van der Waals surface area contributed by atoms with E-state index in [4.69, 9.17) is 4.74 Å². The molecule has 0 amide bonds. The minimum Gasteiger partial charge on any atom is -0.455 e. The molecular formula is C15H13NO4S. The van der Waals surface area contributed by atoms with E-state index in [2.05, 4.69) is 0 Å². The normalized spacial score (nSPS) is 12.2. The molecule has 108 valence electrons. The number of ether oxygens (including phenoxy) is 1. The molecule has 0 unspecified atom stereocenters. The molecule has 0 fully saturated rings. The molecule has 1 heterocycles. The number of esters is 1. The molecule has 0 spiro atoms. The summed E-state index contributed by atoms with van der Waals surface area (Å²) in [5.74, 6) is -0.484. The van der Waals surface area contributed by atoms with Crippen molar-refractivity contribution < 1.29 is 14.5 Å². The van der Waals surface area contributed by atoms with Gasteiger partial charge in [0.1, 0.15) is 6.10 Å². The minimum absolute atomic E-state index is 0.0236. The molecule has 21 heavy (non-hydrogen) atoms. The molecule has 1 aromatic carbocycles. The van der Waals surface area contributed by atoms with Crippen LogP contribution in [0.4, 0.5) is 5.69 Å². The maximum absolute atomic E-state index is 11.7. The Kier molecular flexibility index (Phi) is 4.84. The number of carbonyl (C=O) groups excluding carboxylic acids is 1. The van der Waals surface area contributed by atoms with Crippen molar-refractivity contribution in [3.8, 4) is 0 Å². The molecule has 0 aliphatic carbocycles. The standard InChI is InChI=1S/C15H13NO4S/c1-11(12-4-2-5-13(10-12)16(18)19)20-15(17)8-7-14-6-3-9-21-14/h2-11H,1H3/b8-7+/t11-/m1/s1. The van der Waals surface area contributed by atoms with Crippen LogP contribution in [-0.4, -0.2) is 10.9 Å². The van der Waals surface area contributed by atoms with Gasteiger partial charge in [0.25, 0.3) is 5.69 Å². The van der Waals surface area contributed by atoms with Crippen LogP contribution < -0.4 is 0 Å². The first-order valence-corrected chi connectivity index (χ1v) is 7.11. The van der Waals surface area contributed by atoms with Crippen molar-refractivity contribution >= 4 is 29.1 Å². The van der Waals surface area contributed by atoms with Gasteiger partial charge < -0.3 is 4.74 Å². The third kappa shape index (κ3) is 4.25. The number of rotatable bonds is 5. The number of hydrogen-bond acceptors (Lipinski definition) is 5. The Morgan fingerprint density at radius 3 is 2.86 bits per heavy atom. The Morgan fingerprint density at radius 2 is 2.19 bits per heavy atom. The molecule has 5 nitrogen and oxygen atoms in total. The Bertz CT molecular complexity index is 664. The van der Waals surface area contributed by atoms with Gasteiger partial charge in [0.05, 0.1) is 4.92 Å². The highest BCUT2D eigenvalue weighted by Crippen LogP contribution is 2.22. The van der Waals surface area contributed by atoms with Crippen molar-refractivity contribution in [1.29, 1.82) is 0 Å². The van der Waals surface area contributed by atoms with Crippen molar-refractivity contribution in [2.45, 2.75) is 13.0 Å². The highest BCUT2D eigenvalue weighted by molar-refractivity contribution is 7.10. The van der Waals surface area contributed by atoms with E-state index in [-0.39, 0.29) is 5.69 Å². The molecule has 1 aromatic heterocycles. The summed E-state index contributed by atoms with van der Waals surface area (Å²) in [7, 11) is 0. The molecule has 0 N–H and O–H groups in total. The lowest BCUT2D eigenvalue weighted by Crippen LogP contribution is -2.06. The van der Waals surface area contributed by atoms with E-state index in [1.54, 1.807) is 25.1 Å². The lowest BCUT2D eigenvalue weighted by atomic mass is 10.1. The minimum atomic E-state index is -0.551. The van der Waals surface area contributed by atoms with Gasteiger partial charge in [-0.15, -0.1) is 11.3 Å². The van der Waals surface area contributed by atoms with Crippen LogP contribution in [0.2, 0.25) is 0 Å². The maximum Gasteiger partial charge on any atom is 0.331 e. The van der Waals surface area contributed by atoms with Crippen molar-refractivity contribution in [1.82, 2.24) is 0 Å². The predicted octanol–water partition coefficient (Wildman–Crippen LogP) is 3.97. The first-order chi connectivity index (χ1) is 10.1. The quantitative estimate of drug-likeness (QED) is 0.362. The SMILES string of the molecule is C[C@@H](OC(=O)/C=C/c1cccs1)c1cccc([N+](=O)[O-])c1. The highest BCUT2D eigenvalue weighted by Gasteiger charge is 2.13. The number of non-ortho nitro benzene ring substituents is 1. The molecule has 0 radical (unpaired) electrons. The maximum atomic E-state index is 11.7. The number of nitro benzene ring substituents is 1. The fourth-order valence-electron chi connectivity index (χ4n) is 1.71. The van der Waals surface area contributed by atoms with Gasteiger partial charge in [-0.1, -0.05) is 18.2 Å². The van der Waals surface area contributed by atoms with Gasteiger partial charge in [-0.3, -0.25) is 10.1 Å². The van der Waals surface area contributed by atoms with Crippen molar-refractivity contribution in [3.63, 3.8) is 0 Å². The Morgan fingerprint density at radius 1 is 1.38 bits per heavy atom. The molecule has 0 saturated heterocycles. The van der Waals surface area contributed by atoms with E-state index in [1.807, 2.05) is 17.5 Å². The van der Waals surface area contributed by atoms with E-state index in [0.717, 1.165) is 4.88 Å². The number of benzene rings is 1. The molecule has 6 heteroatoms. The lowest BCUT2D eigenvalue weighted by Gasteiger charge is -2.11. The number of thiophene rings is 1. The van der Waals surface area contributed by atoms with Crippen molar-refractivity contribution in [3.05, 3.63) is 68.4 Å². The second-order valence-electron chi connectivity index (χ2n) is 4.28. The van der Waals surface area contributed by atoms with Crippen LogP contribution in [-0.2, 0) is 9.53 Å². The molecule has 2 rings (SSSR count). The van der Waals surface area contributed by atoms with Crippen molar-refractivity contribution in [2.75, 3.05) is 0 Å². The number of carbonyl (C=O) groups is 1. The topological polar surface area (TPSA) is 69.4 Å². The van der Waals surface area contributed by atoms with Crippen LogP contribution in [0.3, 0.4) is 0 Å². The van der Waals surface area contributed by atoms with E-state index in [0.29, 0.717) is 5.56 Å². The summed E-state index contributed by atoms with van der Waals surface area (Å²) in [6.45, 7) is 1.68. The summed E-state index contributed by atoms with van der Waals surface area (Å²) in [4.78, 5) is 22.9. The fourth-order valence-corrected chi connectivity index (χ4v) is 2.33. The third-order valence-corrected chi connectivity index (χ3v) is 3.61. The van der Waals surface area contributed by atoms with Crippen LogP contribution in [0.25, 0.3) is 6.08 Å². The second kappa shape index (κ2) is 6.81. The van der Waals surface area contributed by atoms with E-state index < -0.39 is 17.0 Å². The van der Waals surface area contributed by atoms with Gasteiger partial charge in [0, 0.05) is 23.1 Å². The van der Waals surface area contributed by atoms with Gasteiger partial charge in [-0.05, 0) is 30.0 Å². The fraction of sp³-hybridized carbons (Fsp3) is 0.133.